The van der Waals surface area contributed by atoms with Crippen molar-refractivity contribution < 1.29 is 27.9 Å². The standard InChI is InChI=1S/C21H30F2N4O4/c1-20(2,3)31-19(30)27-14-6-7-15(21(22,23)10-14)16(27)18(29)26-13(11-24)9-12-5-4-8-25-17(12)28/h12-16H,4-10H2,1-3H3,(H,25,28)(H,26,29)/t12-,13-,14-,15-,16+/m0/s1. The zero-order chi connectivity index (χ0) is 23.0. The van der Waals surface area contributed by atoms with Crippen LogP contribution in [0.15, 0.2) is 0 Å². The molecule has 3 amide bonds. The third-order valence-electron chi connectivity index (χ3n) is 6.20. The quantitative estimate of drug-likeness (QED) is 0.697. The summed E-state index contributed by atoms with van der Waals surface area (Å²) in [6.45, 7) is 5.57. The van der Waals surface area contributed by atoms with Crippen molar-refractivity contribution in [3.8, 4) is 6.07 Å². The maximum atomic E-state index is 14.7. The number of nitrogens with zero attached hydrogens (tertiary/aromatic N) is 2. The summed E-state index contributed by atoms with van der Waals surface area (Å²) in [5, 5.41) is 14.7. The molecule has 1 aliphatic carbocycles. The van der Waals surface area contributed by atoms with Crippen molar-refractivity contribution in [1.29, 1.82) is 5.26 Å². The number of carbonyl (C=O) groups is 3. The van der Waals surface area contributed by atoms with Gasteiger partial charge in [0.15, 0.2) is 0 Å². The summed E-state index contributed by atoms with van der Waals surface area (Å²) >= 11 is 0. The highest BCUT2D eigenvalue weighted by Gasteiger charge is 2.61. The smallest absolute Gasteiger partial charge is 0.411 e. The molecule has 4 fully saturated rings. The molecule has 0 unspecified atom stereocenters. The number of fused-ring (bicyclic) bond motifs is 3. The van der Waals surface area contributed by atoms with Gasteiger partial charge in [0.05, 0.1) is 12.0 Å². The minimum atomic E-state index is -3.09. The van der Waals surface area contributed by atoms with Crippen LogP contribution in [-0.2, 0) is 14.3 Å². The second-order valence-electron chi connectivity index (χ2n) is 9.69. The van der Waals surface area contributed by atoms with Crippen LogP contribution in [0.4, 0.5) is 13.6 Å². The van der Waals surface area contributed by atoms with E-state index < -0.39 is 59.9 Å². The SMILES string of the molecule is CC(C)(C)OC(=O)N1[C@H]2CC[C@@H]([C@@H]1C(=O)N[C@H](C#N)C[C@@H]1CCCNC1=O)C(F)(F)C2. The molecule has 1 saturated carbocycles. The van der Waals surface area contributed by atoms with Crippen LogP contribution in [0.5, 0.6) is 0 Å². The van der Waals surface area contributed by atoms with Crippen LogP contribution in [0, 0.1) is 23.2 Å². The second kappa shape index (κ2) is 8.60. The van der Waals surface area contributed by atoms with Crippen LogP contribution in [0.2, 0.25) is 0 Å². The number of nitriles is 1. The largest absolute Gasteiger partial charge is 0.444 e. The molecule has 2 bridgehead atoms. The Morgan fingerprint density at radius 3 is 2.65 bits per heavy atom. The van der Waals surface area contributed by atoms with E-state index in [1.807, 2.05) is 6.07 Å². The molecule has 2 N–H and O–H groups in total. The second-order valence-corrected chi connectivity index (χ2v) is 9.69. The van der Waals surface area contributed by atoms with Crippen molar-refractivity contribution in [2.45, 2.75) is 88.9 Å². The molecule has 4 aliphatic rings. The van der Waals surface area contributed by atoms with Gasteiger partial charge in [0, 0.05) is 24.9 Å². The molecule has 0 aromatic rings. The highest BCUT2D eigenvalue weighted by Crippen LogP contribution is 2.49. The average molecular weight is 440 g/mol. The van der Waals surface area contributed by atoms with Gasteiger partial charge >= 0.3 is 6.09 Å². The van der Waals surface area contributed by atoms with Crippen LogP contribution < -0.4 is 10.6 Å². The molecule has 3 heterocycles. The van der Waals surface area contributed by atoms with Gasteiger partial charge in [0.1, 0.15) is 17.7 Å². The van der Waals surface area contributed by atoms with E-state index in [9.17, 15) is 28.4 Å². The molecule has 0 aromatic carbocycles. The number of piperidine rings is 3. The Hall–Kier alpha value is -2.44. The van der Waals surface area contributed by atoms with E-state index in [2.05, 4.69) is 10.6 Å². The molecule has 0 aromatic heterocycles. The summed E-state index contributed by atoms with van der Waals surface area (Å²) in [5.41, 5.74) is -0.846. The van der Waals surface area contributed by atoms with E-state index in [0.29, 0.717) is 19.4 Å². The molecular formula is C21H30F2N4O4. The first-order valence-electron chi connectivity index (χ1n) is 10.8. The Morgan fingerprint density at radius 2 is 2.06 bits per heavy atom. The molecule has 3 saturated heterocycles. The molecule has 0 radical (unpaired) electrons. The first kappa shape index (κ1) is 23.2. The fourth-order valence-electron chi connectivity index (χ4n) is 4.83. The fourth-order valence-corrected chi connectivity index (χ4v) is 4.83. The summed E-state index contributed by atoms with van der Waals surface area (Å²) in [6.07, 6.45) is 0.620. The van der Waals surface area contributed by atoms with Crippen molar-refractivity contribution in [1.82, 2.24) is 15.5 Å². The summed E-state index contributed by atoms with van der Waals surface area (Å²) < 4.78 is 34.7. The highest BCUT2D eigenvalue weighted by molar-refractivity contribution is 5.87. The topological polar surface area (TPSA) is 112 Å². The van der Waals surface area contributed by atoms with Crippen molar-refractivity contribution in [3.05, 3.63) is 0 Å². The lowest BCUT2D eigenvalue weighted by Crippen LogP contribution is -2.69. The van der Waals surface area contributed by atoms with Crippen molar-refractivity contribution in [2.75, 3.05) is 6.54 Å². The highest BCUT2D eigenvalue weighted by atomic mass is 19.3. The molecule has 5 atom stereocenters. The monoisotopic (exact) mass is 440 g/mol. The van der Waals surface area contributed by atoms with E-state index in [-0.39, 0.29) is 18.7 Å². The van der Waals surface area contributed by atoms with E-state index >= 15 is 0 Å². The average Bonchev–Trinajstić information content (AvgIpc) is 2.66. The number of ether oxygens (including phenoxy) is 1. The van der Waals surface area contributed by atoms with Crippen LogP contribution >= 0.6 is 0 Å². The third-order valence-corrected chi connectivity index (χ3v) is 6.20. The lowest BCUT2D eigenvalue weighted by atomic mass is 9.71. The summed E-state index contributed by atoms with van der Waals surface area (Å²) in [6, 6.07) is -1.30. The van der Waals surface area contributed by atoms with Gasteiger partial charge in [-0.05, 0) is 52.9 Å². The predicted molar refractivity (Wildman–Crippen MR) is 106 cm³/mol. The van der Waals surface area contributed by atoms with Gasteiger partial charge in [-0.1, -0.05) is 0 Å². The summed E-state index contributed by atoms with van der Waals surface area (Å²) in [5.74, 6) is -5.84. The Bertz CT molecular complexity index is 776. The number of hydrogen-bond acceptors (Lipinski definition) is 5. The molecular weight excluding hydrogens is 410 g/mol. The maximum absolute atomic E-state index is 14.7. The minimum Gasteiger partial charge on any atom is -0.444 e. The molecule has 0 spiro atoms. The Balaban J connectivity index is 1.78. The van der Waals surface area contributed by atoms with Gasteiger partial charge in [0.25, 0.3) is 5.92 Å². The first-order valence-corrected chi connectivity index (χ1v) is 10.8. The molecule has 3 aliphatic heterocycles. The van der Waals surface area contributed by atoms with E-state index in [1.54, 1.807) is 20.8 Å². The first-order chi connectivity index (χ1) is 14.4. The third kappa shape index (κ3) is 5.08. The predicted octanol–water partition coefficient (Wildman–Crippen LogP) is 2.33. The normalized spacial score (nSPS) is 30.7. The van der Waals surface area contributed by atoms with Crippen molar-refractivity contribution >= 4 is 17.9 Å². The lowest BCUT2D eigenvalue weighted by molar-refractivity contribution is -0.184. The van der Waals surface area contributed by atoms with E-state index in [1.165, 1.54) is 0 Å². The summed E-state index contributed by atoms with van der Waals surface area (Å²) in [7, 11) is 0. The number of nitrogens with one attached hydrogen (secondary N) is 2. The number of carbonyl (C=O) groups excluding carboxylic acids is 3. The van der Waals surface area contributed by atoms with Crippen LogP contribution in [0.1, 0.15) is 59.3 Å². The van der Waals surface area contributed by atoms with Gasteiger partial charge in [0.2, 0.25) is 11.8 Å². The van der Waals surface area contributed by atoms with Gasteiger partial charge in [-0.15, -0.1) is 0 Å². The van der Waals surface area contributed by atoms with Gasteiger partial charge < -0.3 is 15.4 Å². The van der Waals surface area contributed by atoms with Gasteiger partial charge in [-0.25, -0.2) is 13.6 Å². The van der Waals surface area contributed by atoms with Crippen molar-refractivity contribution in [2.24, 2.45) is 11.8 Å². The zero-order valence-corrected chi connectivity index (χ0v) is 18.1. The van der Waals surface area contributed by atoms with E-state index in [0.717, 1.165) is 11.3 Å². The number of hydrogen-bond donors (Lipinski definition) is 2. The molecule has 172 valence electrons. The Labute approximate surface area is 180 Å². The van der Waals surface area contributed by atoms with Gasteiger partial charge in [-0.3, -0.25) is 14.5 Å². The molecule has 8 nitrogen and oxygen atoms in total. The lowest BCUT2D eigenvalue weighted by Gasteiger charge is -2.53. The Morgan fingerprint density at radius 1 is 1.35 bits per heavy atom. The maximum Gasteiger partial charge on any atom is 0.411 e. The number of rotatable bonds is 4. The molecule has 4 rings (SSSR count). The van der Waals surface area contributed by atoms with E-state index in [4.69, 9.17) is 4.74 Å². The number of halogens is 2. The fraction of sp³-hybridized carbons (Fsp3) is 0.810. The zero-order valence-electron chi connectivity index (χ0n) is 18.1. The molecule has 10 heteroatoms. The Kier molecular flexibility index (Phi) is 6.44. The van der Waals surface area contributed by atoms with Crippen molar-refractivity contribution in [3.63, 3.8) is 0 Å². The summed E-state index contributed by atoms with van der Waals surface area (Å²) in [4.78, 5) is 39.0. The molecule has 31 heavy (non-hydrogen) atoms. The van der Waals surface area contributed by atoms with Crippen LogP contribution in [-0.4, -0.2) is 59.0 Å². The number of alkyl halides is 2. The van der Waals surface area contributed by atoms with Crippen LogP contribution in [0.3, 0.4) is 0 Å². The minimum absolute atomic E-state index is 0.0950. The van der Waals surface area contributed by atoms with Gasteiger partial charge in [-0.2, -0.15) is 5.26 Å². The van der Waals surface area contributed by atoms with Crippen LogP contribution in [0.25, 0.3) is 0 Å². The number of amides is 3.